The summed E-state index contributed by atoms with van der Waals surface area (Å²) in [4.78, 5) is 15.8. The van der Waals surface area contributed by atoms with Crippen LogP contribution in [0, 0.1) is 6.92 Å². The molecule has 6 rings (SSSR count). The predicted octanol–water partition coefficient (Wildman–Crippen LogP) is 8.71. The van der Waals surface area contributed by atoms with Crippen LogP contribution in [0.15, 0.2) is 84.9 Å². The molecule has 204 valence electrons. The molecule has 1 spiro atoms. The fraction of sp³-hybridized carbons (Fsp3) is 0.286. The minimum Gasteiger partial charge on any atom is -0.456 e. The van der Waals surface area contributed by atoms with Crippen molar-refractivity contribution in [3.63, 3.8) is 0 Å². The summed E-state index contributed by atoms with van der Waals surface area (Å²) >= 11 is 0. The quantitative estimate of drug-likeness (QED) is 0.219. The maximum atomic E-state index is 13.4. The lowest BCUT2D eigenvalue weighted by atomic mass is 9.75. The molecule has 0 saturated heterocycles. The monoisotopic (exact) mass is 532 g/mol. The number of carbonyl (C=O) groups excluding carboxylic acids is 1. The minimum atomic E-state index is -1.09. The summed E-state index contributed by atoms with van der Waals surface area (Å²) in [5, 5.41) is 3.49. The van der Waals surface area contributed by atoms with Crippen LogP contribution in [-0.2, 0) is 10.3 Å². The number of nitrogens with zero attached hydrogens (tertiary/aromatic N) is 1. The Morgan fingerprint density at radius 2 is 1.50 bits per heavy atom. The van der Waals surface area contributed by atoms with Crippen molar-refractivity contribution in [1.29, 1.82) is 0 Å². The zero-order valence-electron chi connectivity index (χ0n) is 23.5. The molecule has 0 radical (unpaired) electrons. The van der Waals surface area contributed by atoms with Gasteiger partial charge in [-0.15, -0.1) is 0 Å². The van der Waals surface area contributed by atoms with E-state index >= 15 is 0 Å². The van der Waals surface area contributed by atoms with Crippen molar-refractivity contribution in [2.75, 3.05) is 23.3 Å². The second kappa shape index (κ2) is 10.7. The van der Waals surface area contributed by atoms with Gasteiger partial charge in [0.2, 0.25) is 0 Å². The highest BCUT2D eigenvalue weighted by molar-refractivity contribution is 5.97. The van der Waals surface area contributed by atoms with Gasteiger partial charge < -0.3 is 19.7 Å². The number of para-hydroxylation sites is 1. The summed E-state index contributed by atoms with van der Waals surface area (Å²) in [6.45, 7) is 8.57. The van der Waals surface area contributed by atoms with Gasteiger partial charge in [-0.05, 0) is 67.8 Å². The summed E-state index contributed by atoms with van der Waals surface area (Å²) in [5.74, 6) is 1.13. The smallest absolute Gasteiger partial charge is 0.340 e. The van der Waals surface area contributed by atoms with Crippen molar-refractivity contribution in [1.82, 2.24) is 0 Å². The highest BCUT2D eigenvalue weighted by Gasteiger charge is 2.54. The van der Waals surface area contributed by atoms with Crippen LogP contribution in [0.2, 0.25) is 0 Å². The van der Waals surface area contributed by atoms with Gasteiger partial charge in [-0.2, -0.15) is 0 Å². The number of rotatable bonds is 9. The Morgan fingerprint density at radius 3 is 2.25 bits per heavy atom. The Kier molecular flexibility index (Phi) is 6.97. The second-order valence-corrected chi connectivity index (χ2v) is 10.8. The topological polar surface area (TPSA) is 50.8 Å². The second-order valence-electron chi connectivity index (χ2n) is 10.8. The molecule has 0 aromatic heterocycles. The fourth-order valence-corrected chi connectivity index (χ4v) is 6.03. The molecule has 2 aliphatic heterocycles. The number of aryl methyl sites for hydroxylation is 1. The van der Waals surface area contributed by atoms with Crippen LogP contribution >= 0.6 is 0 Å². The lowest BCUT2D eigenvalue weighted by molar-refractivity contribution is 0.0222. The van der Waals surface area contributed by atoms with Crippen molar-refractivity contribution in [2.24, 2.45) is 0 Å². The van der Waals surface area contributed by atoms with E-state index in [-0.39, 0.29) is 5.97 Å². The Balaban J connectivity index is 1.52. The normalized spacial score (nSPS) is 16.5. The maximum Gasteiger partial charge on any atom is 0.340 e. The van der Waals surface area contributed by atoms with E-state index in [9.17, 15) is 4.79 Å². The first-order chi connectivity index (χ1) is 19.5. The molecular weight excluding hydrogens is 496 g/mol. The molecule has 1 atom stereocenters. The van der Waals surface area contributed by atoms with Crippen molar-refractivity contribution >= 4 is 23.0 Å². The van der Waals surface area contributed by atoms with Gasteiger partial charge in [0.25, 0.3) is 0 Å². The number of hydrogen-bond acceptors (Lipinski definition) is 5. The Hall–Kier alpha value is -4.25. The van der Waals surface area contributed by atoms with Crippen molar-refractivity contribution in [3.05, 3.63) is 113 Å². The molecule has 0 aliphatic carbocycles. The summed E-state index contributed by atoms with van der Waals surface area (Å²) in [6, 6.07) is 28.2. The van der Waals surface area contributed by atoms with Gasteiger partial charge >= 0.3 is 5.97 Å². The summed E-state index contributed by atoms with van der Waals surface area (Å²) in [7, 11) is 0. The number of unbranched alkanes of at least 4 members (excludes halogenated alkanes) is 2. The van der Waals surface area contributed by atoms with Gasteiger partial charge in [0, 0.05) is 47.3 Å². The number of nitrogens with one attached hydrogen (secondary N) is 1. The van der Waals surface area contributed by atoms with Gasteiger partial charge in [-0.1, -0.05) is 63.1 Å². The van der Waals surface area contributed by atoms with E-state index < -0.39 is 5.60 Å². The number of ether oxygens (including phenoxy) is 2. The van der Waals surface area contributed by atoms with Crippen LogP contribution in [0.25, 0.3) is 0 Å². The lowest BCUT2D eigenvalue weighted by Gasteiger charge is -2.38. The average molecular weight is 533 g/mol. The average Bonchev–Trinajstić information content (AvgIpc) is 3.26. The molecule has 1 unspecified atom stereocenters. The summed E-state index contributed by atoms with van der Waals surface area (Å²) in [5.41, 5.74) is 6.15. The third-order valence-electron chi connectivity index (χ3n) is 7.98. The van der Waals surface area contributed by atoms with Crippen LogP contribution in [-0.4, -0.2) is 19.1 Å². The lowest BCUT2D eigenvalue weighted by Crippen LogP contribution is -2.34. The third kappa shape index (κ3) is 4.40. The molecular formula is C35H36N2O3. The molecule has 0 amide bonds. The Labute approximate surface area is 236 Å². The molecule has 0 saturated carbocycles. The van der Waals surface area contributed by atoms with Crippen molar-refractivity contribution in [3.8, 4) is 11.5 Å². The number of fused-ring (bicyclic) bond motifs is 6. The van der Waals surface area contributed by atoms with Crippen LogP contribution in [0.4, 0.5) is 17.1 Å². The van der Waals surface area contributed by atoms with Gasteiger partial charge in [-0.3, -0.25) is 0 Å². The minimum absolute atomic E-state index is 0.313. The zero-order valence-corrected chi connectivity index (χ0v) is 23.5. The largest absolute Gasteiger partial charge is 0.456 e. The molecule has 4 aromatic rings. The summed E-state index contributed by atoms with van der Waals surface area (Å²) < 4.78 is 13.1. The van der Waals surface area contributed by atoms with Crippen LogP contribution in [0.3, 0.4) is 0 Å². The molecule has 2 heterocycles. The van der Waals surface area contributed by atoms with Gasteiger partial charge in [-0.25, -0.2) is 4.79 Å². The van der Waals surface area contributed by atoms with Gasteiger partial charge in [0.1, 0.15) is 11.5 Å². The molecule has 4 aromatic carbocycles. The van der Waals surface area contributed by atoms with E-state index in [1.807, 2.05) is 66.7 Å². The Bertz CT molecular complexity index is 1540. The molecule has 40 heavy (non-hydrogen) atoms. The number of esters is 1. The third-order valence-corrected chi connectivity index (χ3v) is 7.98. The van der Waals surface area contributed by atoms with Gasteiger partial charge in [0.05, 0.1) is 11.1 Å². The molecule has 5 heteroatoms. The number of carbonyl (C=O) groups is 1. The van der Waals surface area contributed by atoms with Crippen molar-refractivity contribution in [2.45, 2.75) is 52.1 Å². The molecule has 1 N–H and O–H groups in total. The maximum absolute atomic E-state index is 13.4. The van der Waals surface area contributed by atoms with E-state index in [1.54, 1.807) is 0 Å². The van der Waals surface area contributed by atoms with E-state index in [0.717, 1.165) is 83.8 Å². The van der Waals surface area contributed by atoms with Crippen LogP contribution < -0.4 is 15.0 Å². The van der Waals surface area contributed by atoms with E-state index in [1.165, 1.54) is 0 Å². The van der Waals surface area contributed by atoms with Crippen molar-refractivity contribution < 1.29 is 14.3 Å². The Morgan fingerprint density at radius 1 is 0.775 bits per heavy atom. The highest BCUT2D eigenvalue weighted by atomic mass is 16.6. The fourth-order valence-electron chi connectivity index (χ4n) is 6.03. The first-order valence-corrected chi connectivity index (χ1v) is 14.4. The summed E-state index contributed by atoms with van der Waals surface area (Å²) in [6.07, 6.45) is 4.56. The highest BCUT2D eigenvalue weighted by Crippen LogP contribution is 2.58. The first-order valence-electron chi connectivity index (χ1n) is 14.4. The van der Waals surface area contributed by atoms with Crippen LogP contribution in [0.1, 0.15) is 72.1 Å². The molecule has 0 fully saturated rings. The van der Waals surface area contributed by atoms with E-state index in [4.69, 9.17) is 9.47 Å². The number of anilines is 3. The first kappa shape index (κ1) is 26.0. The molecule has 0 bridgehead atoms. The SMILES string of the molecule is CCCCN(CCCC)c1cc(C)c2c(c1)Oc1ccc(Nc3ccccc3)cc1C21OC(=O)c2ccccc21. The predicted molar refractivity (Wildman–Crippen MR) is 161 cm³/mol. The number of benzene rings is 4. The number of hydrogen-bond donors (Lipinski definition) is 1. The van der Waals surface area contributed by atoms with E-state index in [2.05, 4.69) is 49.2 Å². The van der Waals surface area contributed by atoms with Gasteiger partial charge in [0.15, 0.2) is 5.60 Å². The standard InChI is InChI=1S/C35H36N2O3/c1-4-6-19-37(20-7-5-2)27-21-24(3)33-32(23-27)39-31-18-17-26(36-25-13-9-8-10-14-25)22-30(31)35(33)29-16-12-11-15-28(29)34(38)40-35/h8-18,21-23,36H,4-7,19-20H2,1-3H3. The molecule has 2 aliphatic rings. The zero-order chi connectivity index (χ0) is 27.7. The molecule has 5 nitrogen and oxygen atoms in total. The van der Waals surface area contributed by atoms with E-state index in [0.29, 0.717) is 11.3 Å². The van der Waals surface area contributed by atoms with Crippen LogP contribution in [0.5, 0.6) is 11.5 Å².